The monoisotopic (exact) mass is 552 g/mol. The van der Waals surface area contributed by atoms with Crippen molar-refractivity contribution in [2.75, 3.05) is 0 Å². The maximum absolute atomic E-state index is 14.9. The molecule has 0 unspecified atom stereocenters. The van der Waals surface area contributed by atoms with E-state index in [9.17, 15) is 19.2 Å². The Morgan fingerprint density at radius 1 is 0.825 bits per heavy atom. The molecule has 2 fully saturated rings. The number of hydrogen-bond acceptors (Lipinski definition) is 5. The topological polar surface area (TPSA) is 77.5 Å². The number of carbonyl (C=O) groups excluding carboxylic acids is 4. The number of rotatable bonds is 12. The molecule has 40 heavy (non-hydrogen) atoms. The smallest absolute Gasteiger partial charge is 0.321 e. The summed E-state index contributed by atoms with van der Waals surface area (Å²) in [5, 5.41) is 0. The highest BCUT2D eigenvalue weighted by molar-refractivity contribution is 6.40. The zero-order chi connectivity index (χ0) is 30.6. The average Bonchev–Trinajstić information content (AvgIpc) is 3.01. The minimum absolute atomic E-state index is 0.0867. The van der Waals surface area contributed by atoms with Gasteiger partial charge in [-0.2, -0.15) is 0 Å². The zero-order valence-electron chi connectivity index (χ0n) is 26.8. The van der Waals surface area contributed by atoms with Gasteiger partial charge in [-0.3, -0.25) is 19.2 Å². The Labute approximate surface area is 242 Å². The lowest BCUT2D eigenvalue weighted by Gasteiger charge is -2.48. The lowest BCUT2D eigenvalue weighted by Crippen LogP contribution is -2.57. The highest BCUT2D eigenvalue weighted by atomic mass is 16.6. The summed E-state index contributed by atoms with van der Waals surface area (Å²) in [5.74, 6) is -3.76. The van der Waals surface area contributed by atoms with Crippen LogP contribution in [0, 0.1) is 28.6 Å². The van der Waals surface area contributed by atoms with E-state index in [4.69, 9.17) is 4.74 Å². The molecule has 1 aliphatic heterocycles. The molecular weight excluding hydrogens is 500 g/mol. The summed E-state index contributed by atoms with van der Waals surface area (Å²) in [7, 11) is 0. The lowest BCUT2D eigenvalue weighted by atomic mass is 9.57. The van der Waals surface area contributed by atoms with Crippen LogP contribution in [0.5, 0.6) is 0 Å². The molecule has 0 amide bonds. The van der Waals surface area contributed by atoms with Gasteiger partial charge in [-0.25, -0.2) is 0 Å². The van der Waals surface area contributed by atoms with Gasteiger partial charge in [-0.05, 0) is 98.8 Å². The van der Waals surface area contributed by atoms with E-state index in [0.717, 1.165) is 23.1 Å². The maximum atomic E-state index is 14.9. The Morgan fingerprint density at radius 2 is 1.32 bits per heavy atom. The van der Waals surface area contributed by atoms with E-state index in [1.165, 1.54) is 5.57 Å². The van der Waals surface area contributed by atoms with Gasteiger partial charge in [0.15, 0.2) is 11.4 Å². The van der Waals surface area contributed by atoms with Crippen molar-refractivity contribution in [2.24, 2.45) is 28.6 Å². The summed E-state index contributed by atoms with van der Waals surface area (Å²) in [6.07, 6.45) is 10.7. The maximum Gasteiger partial charge on any atom is 0.321 e. The minimum atomic E-state index is -1.72. The summed E-state index contributed by atoms with van der Waals surface area (Å²) in [6, 6.07) is 0. The minimum Gasteiger partial charge on any atom is -0.449 e. The summed E-state index contributed by atoms with van der Waals surface area (Å²) in [6.45, 7) is 21.4. The van der Waals surface area contributed by atoms with Crippen LogP contribution in [0.1, 0.15) is 115 Å². The lowest BCUT2D eigenvalue weighted by molar-refractivity contribution is -0.176. The Bertz CT molecular complexity index is 1130. The molecule has 1 saturated carbocycles. The summed E-state index contributed by atoms with van der Waals surface area (Å²) in [4.78, 5) is 56.7. The SMILES string of the molecule is CC(C)=CCC[C@H]1C[C@@]2(CC=C(C)C)C(=O)O[C@](CC=C(C)C)(C2=O)[C@H](C(=O)C(=O)C(C)C)[C@]1(C)CC=C(C)C. The number of hydrogen-bond donors (Lipinski definition) is 0. The largest absolute Gasteiger partial charge is 0.449 e. The van der Waals surface area contributed by atoms with Crippen molar-refractivity contribution in [3.8, 4) is 0 Å². The van der Waals surface area contributed by atoms with Crippen molar-refractivity contribution in [2.45, 2.75) is 120 Å². The second-order valence-electron chi connectivity index (χ2n) is 13.7. The molecule has 2 rings (SSSR count). The second kappa shape index (κ2) is 13.0. The number of carbonyl (C=O) groups is 4. The summed E-state index contributed by atoms with van der Waals surface area (Å²) >= 11 is 0. The molecular formula is C35H52O5. The fraction of sp³-hybridized carbons (Fsp3) is 0.657. The number of allylic oxidation sites excluding steroid dienone is 7. The molecule has 0 aromatic rings. The van der Waals surface area contributed by atoms with Crippen LogP contribution in [-0.4, -0.2) is 28.9 Å². The first-order valence-corrected chi connectivity index (χ1v) is 14.8. The number of Topliss-reactive ketones (excluding diaryl/α,β-unsaturated/α-hetero) is 3. The predicted octanol–water partition coefficient (Wildman–Crippen LogP) is 8.09. The Balaban J connectivity index is 3.03. The quantitative estimate of drug-likeness (QED) is 0.106. The van der Waals surface area contributed by atoms with E-state index in [-0.39, 0.29) is 24.5 Å². The van der Waals surface area contributed by atoms with E-state index in [1.54, 1.807) is 13.8 Å². The highest BCUT2D eigenvalue weighted by Gasteiger charge is 2.74. The first-order valence-electron chi connectivity index (χ1n) is 14.8. The molecule has 0 N–H and O–H groups in total. The molecule has 0 aromatic carbocycles. The Kier molecular flexibility index (Phi) is 10.9. The molecule has 1 aliphatic carbocycles. The number of ether oxygens (including phenoxy) is 1. The molecule has 1 saturated heterocycles. The molecule has 5 nitrogen and oxygen atoms in total. The van der Waals surface area contributed by atoms with Crippen LogP contribution in [0.15, 0.2) is 46.6 Å². The van der Waals surface area contributed by atoms with Crippen molar-refractivity contribution < 1.29 is 23.9 Å². The highest BCUT2D eigenvalue weighted by Crippen LogP contribution is 2.62. The van der Waals surface area contributed by atoms with E-state index >= 15 is 0 Å². The first kappa shape index (κ1) is 33.6. The van der Waals surface area contributed by atoms with Gasteiger partial charge in [0.05, 0.1) is 5.92 Å². The van der Waals surface area contributed by atoms with E-state index < -0.39 is 45.8 Å². The third-order valence-corrected chi connectivity index (χ3v) is 8.86. The van der Waals surface area contributed by atoms with Gasteiger partial charge in [0.25, 0.3) is 0 Å². The second-order valence-corrected chi connectivity index (χ2v) is 13.7. The van der Waals surface area contributed by atoms with Crippen molar-refractivity contribution in [1.82, 2.24) is 0 Å². The predicted molar refractivity (Wildman–Crippen MR) is 162 cm³/mol. The van der Waals surface area contributed by atoms with Crippen LogP contribution in [0.25, 0.3) is 0 Å². The van der Waals surface area contributed by atoms with Crippen LogP contribution < -0.4 is 0 Å². The Morgan fingerprint density at radius 3 is 1.82 bits per heavy atom. The van der Waals surface area contributed by atoms with Gasteiger partial charge < -0.3 is 4.74 Å². The molecule has 2 aliphatic rings. The average molecular weight is 553 g/mol. The van der Waals surface area contributed by atoms with Crippen molar-refractivity contribution >= 4 is 23.3 Å². The summed E-state index contributed by atoms with van der Waals surface area (Å²) < 4.78 is 6.24. The number of fused-ring (bicyclic) bond motifs is 2. The third kappa shape index (κ3) is 6.66. The van der Waals surface area contributed by atoms with Gasteiger partial charge >= 0.3 is 5.97 Å². The standard InChI is InChI=1S/C35H52O5/c1-22(2)13-12-14-27-21-34(19-16-24(5)6)31(38)35(40-32(34)39,20-17-25(7)8)30(29(37)28(36)26(9)10)33(27,11)18-15-23(3)4/h13,15-17,26-27,30H,12,14,18-21H2,1-11H3/t27-,30+,33+,34+,35-/m0/s1. The van der Waals surface area contributed by atoms with E-state index in [2.05, 4.69) is 32.9 Å². The third-order valence-electron chi connectivity index (χ3n) is 8.86. The van der Waals surface area contributed by atoms with Gasteiger partial charge in [-0.1, -0.05) is 67.4 Å². The van der Waals surface area contributed by atoms with Crippen LogP contribution in [0.3, 0.4) is 0 Å². The van der Waals surface area contributed by atoms with Gasteiger partial charge in [0.2, 0.25) is 11.6 Å². The molecule has 0 spiro atoms. The molecule has 5 heteroatoms. The molecule has 5 atom stereocenters. The zero-order valence-corrected chi connectivity index (χ0v) is 26.8. The van der Waals surface area contributed by atoms with E-state index in [1.807, 2.05) is 53.7 Å². The molecule has 1 heterocycles. The van der Waals surface area contributed by atoms with Gasteiger partial charge in [0.1, 0.15) is 5.41 Å². The van der Waals surface area contributed by atoms with Gasteiger partial charge in [-0.15, -0.1) is 0 Å². The fourth-order valence-corrected chi connectivity index (χ4v) is 6.49. The van der Waals surface area contributed by atoms with Crippen molar-refractivity contribution in [3.63, 3.8) is 0 Å². The number of ketones is 3. The molecule has 0 aromatic heterocycles. The Hall–Kier alpha value is -2.56. The first-order chi connectivity index (χ1) is 18.4. The van der Waals surface area contributed by atoms with Crippen LogP contribution in [0.2, 0.25) is 0 Å². The fourth-order valence-electron chi connectivity index (χ4n) is 6.49. The van der Waals surface area contributed by atoms with E-state index in [0.29, 0.717) is 19.3 Å². The molecule has 222 valence electrons. The van der Waals surface area contributed by atoms with Crippen LogP contribution in [0.4, 0.5) is 0 Å². The molecule has 2 bridgehead atoms. The van der Waals surface area contributed by atoms with Crippen LogP contribution in [-0.2, 0) is 23.9 Å². The normalized spacial score (nSPS) is 29.3. The van der Waals surface area contributed by atoms with Crippen LogP contribution >= 0.6 is 0 Å². The number of esters is 1. The van der Waals surface area contributed by atoms with Gasteiger partial charge in [0, 0.05) is 12.3 Å². The van der Waals surface area contributed by atoms with Crippen molar-refractivity contribution in [1.29, 1.82) is 0 Å². The summed E-state index contributed by atoms with van der Waals surface area (Å²) in [5.41, 5.74) is 0.367. The van der Waals surface area contributed by atoms with Crippen molar-refractivity contribution in [3.05, 3.63) is 46.6 Å². The molecule has 0 radical (unpaired) electrons.